The van der Waals surface area contributed by atoms with Crippen molar-refractivity contribution in [1.82, 2.24) is 14.9 Å². The number of hydrogen-bond acceptors (Lipinski definition) is 8. The Morgan fingerprint density at radius 1 is 1.32 bits per heavy atom. The highest BCUT2D eigenvalue weighted by atomic mass is 32.2. The molecule has 3 aromatic rings. The number of hydrogen-bond donors (Lipinski definition) is 1. The molecule has 0 radical (unpaired) electrons. The van der Waals surface area contributed by atoms with Crippen molar-refractivity contribution in [3.05, 3.63) is 35.9 Å². The van der Waals surface area contributed by atoms with Gasteiger partial charge in [0.05, 0.1) is 23.8 Å². The van der Waals surface area contributed by atoms with Crippen molar-refractivity contribution in [2.24, 2.45) is 0 Å². The third kappa shape index (κ3) is 3.33. The molecule has 1 aliphatic rings. The number of furan rings is 1. The maximum atomic E-state index is 12.9. The number of rotatable bonds is 5. The highest BCUT2D eigenvalue weighted by molar-refractivity contribution is 7.92. The van der Waals surface area contributed by atoms with Crippen molar-refractivity contribution in [2.75, 3.05) is 16.2 Å². The molecule has 0 aromatic carbocycles. The normalized spacial score (nSPS) is 19.1. The Kier molecular flexibility index (Phi) is 4.34. The second kappa shape index (κ2) is 6.48. The standard InChI is InChI=1S/C16H18N4O6S2/c1-10-16(11(2)26-18-10)28(23,24)19-15-8-13(14-4-3-6-25-14)17-20(15)12-5-7-27(21,22)9-12/h3-4,6,8,12,19H,5,7,9H2,1-2H3/t12-/m1/s1. The van der Waals surface area contributed by atoms with Gasteiger partial charge >= 0.3 is 0 Å². The quantitative estimate of drug-likeness (QED) is 0.653. The van der Waals surface area contributed by atoms with Crippen molar-refractivity contribution < 1.29 is 25.8 Å². The number of sulfone groups is 1. The van der Waals surface area contributed by atoms with Crippen LogP contribution >= 0.6 is 0 Å². The predicted octanol–water partition coefficient (Wildman–Crippen LogP) is 1.91. The topological polar surface area (TPSA) is 137 Å². The maximum absolute atomic E-state index is 12.9. The molecule has 0 saturated carbocycles. The van der Waals surface area contributed by atoms with E-state index < -0.39 is 25.9 Å². The number of anilines is 1. The molecule has 28 heavy (non-hydrogen) atoms. The minimum absolute atomic E-state index is 0.0314. The van der Waals surface area contributed by atoms with Crippen LogP contribution in [0, 0.1) is 13.8 Å². The van der Waals surface area contributed by atoms with Gasteiger partial charge in [-0.25, -0.2) is 21.5 Å². The maximum Gasteiger partial charge on any atom is 0.268 e. The first-order valence-electron chi connectivity index (χ1n) is 8.46. The highest BCUT2D eigenvalue weighted by Crippen LogP contribution is 2.32. The van der Waals surface area contributed by atoms with E-state index in [0.717, 1.165) is 0 Å². The van der Waals surface area contributed by atoms with Gasteiger partial charge in [-0.1, -0.05) is 5.16 Å². The van der Waals surface area contributed by atoms with E-state index in [0.29, 0.717) is 17.9 Å². The largest absolute Gasteiger partial charge is 0.463 e. The van der Waals surface area contributed by atoms with Crippen LogP contribution < -0.4 is 4.72 Å². The molecule has 0 aliphatic carbocycles. The van der Waals surface area contributed by atoms with Crippen LogP contribution in [0.25, 0.3) is 11.5 Å². The van der Waals surface area contributed by atoms with Gasteiger partial charge in [-0.15, -0.1) is 0 Å². The zero-order chi connectivity index (χ0) is 20.1. The molecule has 0 spiro atoms. The van der Waals surface area contributed by atoms with Gasteiger partial charge in [0.1, 0.15) is 17.2 Å². The zero-order valence-electron chi connectivity index (χ0n) is 15.1. The van der Waals surface area contributed by atoms with Gasteiger partial charge in [-0.3, -0.25) is 4.72 Å². The van der Waals surface area contributed by atoms with Crippen molar-refractivity contribution in [1.29, 1.82) is 0 Å². The lowest BCUT2D eigenvalue weighted by atomic mass is 10.3. The third-order valence-corrected chi connectivity index (χ3v) is 7.89. The van der Waals surface area contributed by atoms with Gasteiger partial charge in [0, 0.05) is 6.07 Å². The van der Waals surface area contributed by atoms with E-state index in [1.54, 1.807) is 12.1 Å². The molecule has 0 amide bonds. The fourth-order valence-corrected chi connectivity index (χ4v) is 6.37. The second-order valence-corrected chi connectivity index (χ2v) is 10.5. The molecule has 1 aliphatic heterocycles. The zero-order valence-corrected chi connectivity index (χ0v) is 16.7. The number of aryl methyl sites for hydroxylation is 2. The van der Waals surface area contributed by atoms with Crippen LogP contribution in [0.1, 0.15) is 23.9 Å². The van der Waals surface area contributed by atoms with Crippen LogP contribution in [0.4, 0.5) is 5.82 Å². The fraction of sp³-hybridized carbons (Fsp3) is 0.375. The van der Waals surface area contributed by atoms with Crippen molar-refractivity contribution >= 4 is 25.7 Å². The Hall–Kier alpha value is -2.60. The molecule has 1 atom stereocenters. The summed E-state index contributed by atoms with van der Waals surface area (Å²) in [7, 11) is -7.21. The lowest BCUT2D eigenvalue weighted by molar-refractivity contribution is 0.390. The van der Waals surface area contributed by atoms with Gasteiger partial charge in [-0.2, -0.15) is 5.10 Å². The minimum Gasteiger partial charge on any atom is -0.463 e. The molecular weight excluding hydrogens is 408 g/mol. The monoisotopic (exact) mass is 426 g/mol. The van der Waals surface area contributed by atoms with E-state index in [2.05, 4.69) is 15.0 Å². The summed E-state index contributed by atoms with van der Waals surface area (Å²) in [6.07, 6.45) is 1.82. The average Bonchev–Trinajstić information content (AvgIpc) is 3.34. The summed E-state index contributed by atoms with van der Waals surface area (Å²) in [4.78, 5) is -0.0566. The fourth-order valence-electron chi connectivity index (χ4n) is 3.31. The number of aromatic nitrogens is 3. The first-order valence-corrected chi connectivity index (χ1v) is 11.8. The molecule has 0 unspecified atom stereocenters. The molecule has 3 aromatic heterocycles. The lowest BCUT2D eigenvalue weighted by Gasteiger charge is -2.14. The van der Waals surface area contributed by atoms with E-state index in [9.17, 15) is 16.8 Å². The van der Waals surface area contributed by atoms with Crippen LogP contribution in [0.5, 0.6) is 0 Å². The van der Waals surface area contributed by atoms with Crippen molar-refractivity contribution in [3.8, 4) is 11.5 Å². The number of nitrogens with zero attached hydrogens (tertiary/aromatic N) is 3. The summed E-state index contributed by atoms with van der Waals surface area (Å²) in [5.41, 5.74) is 0.622. The molecule has 4 rings (SSSR count). The molecule has 12 heteroatoms. The van der Waals surface area contributed by atoms with E-state index in [-0.39, 0.29) is 33.7 Å². The molecule has 1 N–H and O–H groups in total. The van der Waals surface area contributed by atoms with E-state index in [4.69, 9.17) is 8.94 Å². The van der Waals surface area contributed by atoms with Gasteiger partial charge in [0.25, 0.3) is 10.0 Å². The van der Waals surface area contributed by atoms with Gasteiger partial charge < -0.3 is 8.94 Å². The molecule has 10 nitrogen and oxygen atoms in total. The molecule has 0 bridgehead atoms. The highest BCUT2D eigenvalue weighted by Gasteiger charge is 2.33. The summed E-state index contributed by atoms with van der Waals surface area (Å²) < 4.78 is 63.8. The predicted molar refractivity (Wildman–Crippen MR) is 99.0 cm³/mol. The lowest BCUT2D eigenvalue weighted by Crippen LogP contribution is -2.20. The van der Waals surface area contributed by atoms with Crippen molar-refractivity contribution in [3.63, 3.8) is 0 Å². The van der Waals surface area contributed by atoms with Crippen LogP contribution in [0.15, 0.2) is 38.3 Å². The smallest absolute Gasteiger partial charge is 0.268 e. The molecule has 1 saturated heterocycles. The van der Waals surface area contributed by atoms with Crippen LogP contribution in [-0.4, -0.2) is 43.3 Å². The van der Waals surface area contributed by atoms with Gasteiger partial charge in [-0.05, 0) is 32.4 Å². The molecule has 1 fully saturated rings. The summed E-state index contributed by atoms with van der Waals surface area (Å²) in [6.45, 7) is 3.03. The average molecular weight is 426 g/mol. The van der Waals surface area contributed by atoms with E-state index >= 15 is 0 Å². The Balaban J connectivity index is 1.77. The Morgan fingerprint density at radius 3 is 2.68 bits per heavy atom. The Labute approximate surface area is 161 Å². The second-order valence-electron chi connectivity index (χ2n) is 6.65. The summed E-state index contributed by atoms with van der Waals surface area (Å²) in [5.74, 6) is 0.673. The van der Waals surface area contributed by atoms with Crippen LogP contribution in [0.3, 0.4) is 0 Å². The Morgan fingerprint density at radius 2 is 2.11 bits per heavy atom. The number of nitrogens with one attached hydrogen (secondary N) is 1. The summed E-state index contributed by atoms with van der Waals surface area (Å²) in [6, 6.07) is 4.41. The molecule has 150 valence electrons. The van der Waals surface area contributed by atoms with Crippen molar-refractivity contribution in [2.45, 2.75) is 31.2 Å². The van der Waals surface area contributed by atoms with Crippen LogP contribution in [-0.2, 0) is 19.9 Å². The summed E-state index contributed by atoms with van der Waals surface area (Å²) >= 11 is 0. The third-order valence-electron chi connectivity index (χ3n) is 4.54. The first-order chi connectivity index (χ1) is 13.2. The Bertz CT molecular complexity index is 1200. The number of sulfonamides is 1. The van der Waals surface area contributed by atoms with Crippen LogP contribution in [0.2, 0.25) is 0 Å². The van der Waals surface area contributed by atoms with Gasteiger partial charge in [0.15, 0.2) is 26.3 Å². The molecular formula is C16H18N4O6S2. The summed E-state index contributed by atoms with van der Waals surface area (Å²) in [5, 5.41) is 8.08. The van der Waals surface area contributed by atoms with E-state index in [1.807, 2.05) is 0 Å². The van der Waals surface area contributed by atoms with E-state index in [1.165, 1.54) is 30.9 Å². The SMILES string of the molecule is Cc1noc(C)c1S(=O)(=O)Nc1cc(-c2ccco2)nn1[C@@H]1CCS(=O)(=O)C1. The minimum atomic E-state index is -4.01. The molecule has 4 heterocycles. The first kappa shape index (κ1) is 18.7. The van der Waals surface area contributed by atoms with Gasteiger partial charge in [0.2, 0.25) is 0 Å².